The second-order valence-electron chi connectivity index (χ2n) is 14.0. The minimum atomic E-state index is -1.59. The fourth-order valence-electron chi connectivity index (χ4n) is 6.92. The van der Waals surface area contributed by atoms with Crippen LogP contribution in [-0.2, 0) is 62.6 Å². The standard InChI is InChI=1S/C40H46N4O13/c1-4-7-9-28(38(50)51)41-31(45)13-15-33(47)56-21-11-12-27-23(17-21)22(6-3)25-19-44-30(35(25)43-27)18-24-26(37(44)49)20-55-40(54)36(24)57-34(48)16-14-32(46)42-29(39(52)53)10-8-5-2/h11-12,17-18,28-29,36H,4-10,13-16,19-20H2,1-3H3,(H,41,45)(H,42,46)(H,50,51)(H,52,53). The van der Waals surface area contributed by atoms with E-state index in [-0.39, 0.29) is 62.1 Å². The molecule has 3 aromatic rings. The third-order valence-corrected chi connectivity index (χ3v) is 9.93. The summed E-state index contributed by atoms with van der Waals surface area (Å²) in [6.07, 6.45) is 0.789. The number of cyclic esters (lactones) is 1. The van der Waals surface area contributed by atoms with Gasteiger partial charge in [-0.3, -0.25) is 24.0 Å². The Morgan fingerprint density at radius 2 is 1.47 bits per heavy atom. The molecule has 2 amide bonds. The van der Waals surface area contributed by atoms with Gasteiger partial charge in [0.15, 0.2) is 0 Å². The number of fused-ring (bicyclic) bond motifs is 5. The van der Waals surface area contributed by atoms with Crippen LogP contribution in [0, 0.1) is 0 Å². The monoisotopic (exact) mass is 790 g/mol. The number of esters is 3. The van der Waals surface area contributed by atoms with Gasteiger partial charge in [-0.15, -0.1) is 0 Å². The summed E-state index contributed by atoms with van der Waals surface area (Å²) >= 11 is 0. The highest BCUT2D eigenvalue weighted by Gasteiger charge is 2.38. The summed E-state index contributed by atoms with van der Waals surface area (Å²) in [5.41, 5.74) is 2.73. The molecule has 0 spiro atoms. The number of hydrogen-bond acceptors (Lipinski definition) is 12. The smallest absolute Gasteiger partial charge is 0.352 e. The van der Waals surface area contributed by atoms with E-state index in [2.05, 4.69) is 10.6 Å². The molecule has 17 nitrogen and oxygen atoms in total. The van der Waals surface area contributed by atoms with E-state index in [1.165, 1.54) is 10.6 Å². The third kappa shape index (κ3) is 9.82. The van der Waals surface area contributed by atoms with Crippen molar-refractivity contribution in [1.82, 2.24) is 20.2 Å². The Balaban J connectivity index is 1.31. The molecule has 3 atom stereocenters. The molecular formula is C40H46N4O13. The summed E-state index contributed by atoms with van der Waals surface area (Å²) in [4.78, 5) is 105. The molecule has 17 heteroatoms. The lowest BCUT2D eigenvalue weighted by molar-refractivity contribution is -0.171. The van der Waals surface area contributed by atoms with Gasteiger partial charge in [0.25, 0.3) is 5.56 Å². The van der Waals surface area contributed by atoms with E-state index >= 15 is 0 Å². The van der Waals surface area contributed by atoms with Gasteiger partial charge in [-0.1, -0.05) is 46.5 Å². The number of ether oxygens (including phenoxy) is 3. The molecule has 2 aliphatic heterocycles. The van der Waals surface area contributed by atoms with Gasteiger partial charge in [0.1, 0.15) is 24.4 Å². The number of nitrogens with one attached hydrogen (secondary N) is 2. The van der Waals surface area contributed by atoms with Gasteiger partial charge in [-0.2, -0.15) is 0 Å². The maximum absolute atomic E-state index is 13.9. The van der Waals surface area contributed by atoms with Crippen molar-refractivity contribution in [3.05, 3.63) is 56.9 Å². The van der Waals surface area contributed by atoms with Crippen LogP contribution in [0.5, 0.6) is 5.75 Å². The first kappa shape index (κ1) is 42.0. The molecule has 1 aromatic carbocycles. The number of carbonyl (C=O) groups excluding carboxylic acids is 5. The Hall–Kier alpha value is -6.13. The number of benzene rings is 1. The summed E-state index contributed by atoms with van der Waals surface area (Å²) < 4.78 is 17.7. The molecule has 4 heterocycles. The number of carboxylic acid groups (broad SMARTS) is 2. The summed E-state index contributed by atoms with van der Waals surface area (Å²) in [6.45, 7) is 5.51. The number of aliphatic carboxylic acids is 2. The average molecular weight is 791 g/mol. The Labute approximate surface area is 327 Å². The number of amides is 2. The van der Waals surface area contributed by atoms with Gasteiger partial charge in [-0.25, -0.2) is 19.4 Å². The quantitative estimate of drug-likeness (QED) is 0.0783. The fourth-order valence-corrected chi connectivity index (χ4v) is 6.92. The molecule has 57 heavy (non-hydrogen) atoms. The van der Waals surface area contributed by atoms with Gasteiger partial charge in [0.2, 0.25) is 17.9 Å². The lowest BCUT2D eigenvalue weighted by Gasteiger charge is -2.25. The van der Waals surface area contributed by atoms with Crippen molar-refractivity contribution in [2.45, 2.75) is 123 Å². The summed E-state index contributed by atoms with van der Waals surface area (Å²) in [7, 11) is 0. The van der Waals surface area contributed by atoms with Crippen molar-refractivity contribution in [2.24, 2.45) is 0 Å². The molecule has 0 bridgehead atoms. The summed E-state index contributed by atoms with van der Waals surface area (Å²) in [5, 5.41) is 24.3. The fraction of sp³-hybridized carbons (Fsp3) is 0.475. The van der Waals surface area contributed by atoms with Crippen molar-refractivity contribution in [2.75, 3.05) is 0 Å². The van der Waals surface area contributed by atoms with E-state index in [4.69, 9.17) is 19.2 Å². The molecule has 0 aliphatic carbocycles. The lowest BCUT2D eigenvalue weighted by atomic mass is 9.97. The normalized spacial score (nSPS) is 15.0. The van der Waals surface area contributed by atoms with Crippen molar-refractivity contribution in [1.29, 1.82) is 0 Å². The van der Waals surface area contributed by atoms with E-state index in [9.17, 15) is 48.6 Å². The van der Waals surface area contributed by atoms with Gasteiger partial charge in [-0.05, 0) is 49.1 Å². The maximum atomic E-state index is 13.9. The molecule has 2 aliphatic rings. The van der Waals surface area contributed by atoms with Crippen LogP contribution in [-0.4, -0.2) is 73.5 Å². The zero-order valence-electron chi connectivity index (χ0n) is 32.0. The number of hydrogen-bond donors (Lipinski definition) is 4. The molecule has 2 aromatic heterocycles. The Morgan fingerprint density at radius 1 is 0.860 bits per heavy atom. The molecular weight excluding hydrogens is 744 g/mol. The number of carboxylic acids is 2. The highest BCUT2D eigenvalue weighted by molar-refractivity contribution is 5.91. The highest BCUT2D eigenvalue weighted by atomic mass is 16.6. The molecule has 3 unspecified atom stereocenters. The number of nitrogens with zero attached hydrogens (tertiary/aromatic N) is 2. The summed E-state index contributed by atoms with van der Waals surface area (Å²) in [5.74, 6) is -5.87. The number of aryl methyl sites for hydroxylation is 1. The van der Waals surface area contributed by atoms with E-state index < -0.39 is 71.8 Å². The first-order chi connectivity index (χ1) is 27.3. The van der Waals surface area contributed by atoms with Crippen LogP contribution in [0.2, 0.25) is 0 Å². The number of aromatic nitrogens is 2. The van der Waals surface area contributed by atoms with Gasteiger partial charge >= 0.3 is 29.8 Å². The minimum absolute atomic E-state index is 0.117. The van der Waals surface area contributed by atoms with Crippen LogP contribution in [0.4, 0.5) is 0 Å². The SMILES string of the molecule is CCCCC(NC(=O)CCC(=O)Oc1ccc2nc3c(c(CC)c2c1)Cn1c-3cc2c(c1=O)COC(=O)C2OC(=O)CCC(=O)NC(CCCC)C(=O)O)C(=O)O. The summed E-state index contributed by atoms with van der Waals surface area (Å²) in [6, 6.07) is 4.28. The highest BCUT2D eigenvalue weighted by Crippen LogP contribution is 2.39. The topological polar surface area (TPSA) is 247 Å². The molecule has 0 saturated heterocycles. The van der Waals surface area contributed by atoms with Crippen LogP contribution in [0.15, 0.2) is 29.1 Å². The third-order valence-electron chi connectivity index (χ3n) is 9.93. The van der Waals surface area contributed by atoms with E-state index in [0.717, 1.165) is 24.0 Å². The number of carbonyl (C=O) groups is 7. The Kier molecular flexibility index (Phi) is 13.8. The maximum Gasteiger partial charge on any atom is 0.352 e. The molecule has 5 rings (SSSR count). The lowest BCUT2D eigenvalue weighted by Crippen LogP contribution is -2.40. The Morgan fingerprint density at radius 3 is 2.05 bits per heavy atom. The second-order valence-corrected chi connectivity index (χ2v) is 14.0. The second kappa shape index (κ2) is 18.7. The predicted molar refractivity (Wildman–Crippen MR) is 201 cm³/mol. The van der Waals surface area contributed by atoms with E-state index in [1.54, 1.807) is 18.2 Å². The number of rotatable bonds is 19. The van der Waals surface area contributed by atoms with Crippen LogP contribution in [0.25, 0.3) is 22.3 Å². The molecule has 0 fully saturated rings. The van der Waals surface area contributed by atoms with Crippen molar-refractivity contribution in [3.8, 4) is 17.1 Å². The van der Waals surface area contributed by atoms with Crippen molar-refractivity contribution >= 4 is 52.6 Å². The first-order valence-corrected chi connectivity index (χ1v) is 19.1. The van der Waals surface area contributed by atoms with E-state index in [1.807, 2.05) is 20.8 Å². The van der Waals surface area contributed by atoms with Gasteiger partial charge in [0.05, 0.1) is 41.9 Å². The molecule has 0 saturated carbocycles. The molecule has 0 radical (unpaired) electrons. The number of pyridine rings is 2. The Bertz CT molecular complexity index is 2160. The van der Waals surface area contributed by atoms with Crippen molar-refractivity contribution in [3.63, 3.8) is 0 Å². The van der Waals surface area contributed by atoms with Crippen molar-refractivity contribution < 1.29 is 58.0 Å². The zero-order chi connectivity index (χ0) is 41.4. The van der Waals surface area contributed by atoms with Gasteiger partial charge in [0, 0.05) is 29.4 Å². The van der Waals surface area contributed by atoms with E-state index in [0.29, 0.717) is 41.6 Å². The zero-order valence-corrected chi connectivity index (χ0v) is 32.0. The van der Waals surface area contributed by atoms with Gasteiger partial charge < -0.3 is 39.6 Å². The van der Waals surface area contributed by atoms with Crippen LogP contribution in [0.3, 0.4) is 0 Å². The van der Waals surface area contributed by atoms with Crippen LogP contribution < -0.4 is 20.9 Å². The van der Waals surface area contributed by atoms with Crippen LogP contribution >= 0.6 is 0 Å². The molecule has 304 valence electrons. The predicted octanol–water partition coefficient (Wildman–Crippen LogP) is 3.61. The van der Waals surface area contributed by atoms with Crippen LogP contribution in [0.1, 0.15) is 113 Å². The minimum Gasteiger partial charge on any atom is -0.480 e. The number of unbranched alkanes of at least 4 members (excludes halogenated alkanes) is 2. The molecule has 4 N–H and O–H groups in total. The first-order valence-electron chi connectivity index (χ1n) is 19.1. The largest absolute Gasteiger partial charge is 0.480 e. The average Bonchev–Trinajstić information content (AvgIpc) is 3.54.